The molecule has 6 heteroatoms. The van der Waals surface area contributed by atoms with E-state index < -0.39 is 0 Å². The van der Waals surface area contributed by atoms with Crippen molar-refractivity contribution < 1.29 is 9.47 Å². The maximum Gasteiger partial charge on any atom is 0.222 e. The van der Waals surface area contributed by atoms with Crippen LogP contribution in [0.15, 0.2) is 0 Å². The van der Waals surface area contributed by atoms with Crippen molar-refractivity contribution in [1.29, 1.82) is 0 Å². The highest BCUT2D eigenvalue weighted by Crippen LogP contribution is 2.31. The quantitative estimate of drug-likeness (QED) is 0.657. The van der Waals surface area contributed by atoms with Gasteiger partial charge in [0.05, 0.1) is 12.3 Å². The lowest BCUT2D eigenvalue weighted by Crippen LogP contribution is -2.25. The first-order chi connectivity index (χ1) is 8.99. The molecule has 1 aromatic rings. The number of fused-ring (bicyclic) bond motifs is 1. The van der Waals surface area contributed by atoms with Crippen LogP contribution in [0.1, 0.15) is 31.5 Å². The average molecular weight is 283 g/mol. The number of ether oxygens (including phenoxy) is 2. The molecule has 0 spiro atoms. The molecule has 2 rings (SSSR count). The van der Waals surface area contributed by atoms with Crippen LogP contribution >= 0.6 is 12.2 Å². The lowest BCUT2D eigenvalue weighted by molar-refractivity contribution is 0.0525. The third kappa shape index (κ3) is 3.25. The van der Waals surface area contributed by atoms with Gasteiger partial charge in [0.2, 0.25) is 5.88 Å². The van der Waals surface area contributed by atoms with Gasteiger partial charge in [-0.25, -0.2) is 0 Å². The van der Waals surface area contributed by atoms with E-state index in [1.807, 2.05) is 6.92 Å². The molecule has 2 heterocycles. The fraction of sp³-hybridized carbons (Fsp3) is 0.692. The summed E-state index contributed by atoms with van der Waals surface area (Å²) in [6, 6.07) is 0. The van der Waals surface area contributed by atoms with E-state index in [1.54, 1.807) is 0 Å². The number of nitrogens with zero attached hydrogens (tertiary/aromatic N) is 2. The van der Waals surface area contributed by atoms with Gasteiger partial charge in [0, 0.05) is 18.6 Å². The summed E-state index contributed by atoms with van der Waals surface area (Å²) in [5.74, 6) is 1.34. The Labute approximate surface area is 119 Å². The smallest absolute Gasteiger partial charge is 0.222 e. The second kappa shape index (κ2) is 5.88. The van der Waals surface area contributed by atoms with Gasteiger partial charge in [-0.1, -0.05) is 13.8 Å². The van der Waals surface area contributed by atoms with Crippen LogP contribution in [0.5, 0.6) is 5.88 Å². The third-order valence-electron chi connectivity index (χ3n) is 3.20. The molecular weight excluding hydrogens is 262 g/mol. The number of aromatic nitrogens is 2. The van der Waals surface area contributed by atoms with Crippen LogP contribution in [0.3, 0.4) is 0 Å². The molecule has 19 heavy (non-hydrogen) atoms. The Hall–Kier alpha value is -1.14. The Morgan fingerprint density at radius 1 is 1.63 bits per heavy atom. The first kappa shape index (κ1) is 14.3. The standard InChI is InChI=1S/C13H21N3O2S/c1-8(2)4-5-17-7-10-6-11-9(3)15-16(13(14)19)12(11)18-10/h8,10H,4-7H2,1-3H3,(H2,14,19). The summed E-state index contributed by atoms with van der Waals surface area (Å²) in [7, 11) is 0. The van der Waals surface area contributed by atoms with E-state index in [4.69, 9.17) is 27.4 Å². The zero-order chi connectivity index (χ0) is 14.0. The Kier molecular flexibility index (Phi) is 4.42. The Morgan fingerprint density at radius 3 is 3.00 bits per heavy atom. The van der Waals surface area contributed by atoms with Gasteiger partial charge in [-0.2, -0.15) is 9.78 Å². The second-order valence-electron chi connectivity index (χ2n) is 5.32. The summed E-state index contributed by atoms with van der Waals surface area (Å²) in [5.41, 5.74) is 7.63. The minimum atomic E-state index is 0.0412. The maximum absolute atomic E-state index is 5.84. The van der Waals surface area contributed by atoms with Crippen molar-refractivity contribution in [2.45, 2.75) is 39.7 Å². The molecule has 1 aliphatic heterocycles. The van der Waals surface area contributed by atoms with Gasteiger partial charge >= 0.3 is 0 Å². The van der Waals surface area contributed by atoms with Crippen molar-refractivity contribution >= 4 is 17.3 Å². The number of hydrogen-bond acceptors (Lipinski definition) is 4. The molecule has 0 radical (unpaired) electrons. The molecule has 0 amide bonds. The fourth-order valence-corrected chi connectivity index (χ4v) is 2.22. The van der Waals surface area contributed by atoms with Gasteiger partial charge in [0.25, 0.3) is 0 Å². The Morgan fingerprint density at radius 2 is 2.37 bits per heavy atom. The van der Waals surface area contributed by atoms with Gasteiger partial charge in [0.15, 0.2) is 5.11 Å². The lowest BCUT2D eigenvalue weighted by atomic mass is 10.1. The molecule has 0 saturated heterocycles. The maximum atomic E-state index is 5.84. The molecule has 1 atom stereocenters. The lowest BCUT2D eigenvalue weighted by Gasteiger charge is -2.13. The van der Waals surface area contributed by atoms with Crippen LogP contribution < -0.4 is 10.5 Å². The molecule has 1 aliphatic rings. The highest BCUT2D eigenvalue weighted by Gasteiger charge is 2.30. The summed E-state index contributed by atoms with van der Waals surface area (Å²) in [6.07, 6.45) is 1.92. The summed E-state index contributed by atoms with van der Waals surface area (Å²) in [5, 5.41) is 4.48. The van der Waals surface area contributed by atoms with Gasteiger partial charge in [0.1, 0.15) is 6.10 Å². The molecule has 1 aromatic heterocycles. The largest absolute Gasteiger partial charge is 0.471 e. The topological polar surface area (TPSA) is 62.3 Å². The predicted molar refractivity (Wildman–Crippen MR) is 77.5 cm³/mol. The fourth-order valence-electron chi connectivity index (χ4n) is 2.10. The number of hydrogen-bond donors (Lipinski definition) is 1. The van der Waals surface area contributed by atoms with Crippen LogP contribution in [0.25, 0.3) is 0 Å². The second-order valence-corrected chi connectivity index (χ2v) is 5.74. The van der Waals surface area contributed by atoms with E-state index >= 15 is 0 Å². The molecule has 2 N–H and O–H groups in total. The molecule has 0 aromatic carbocycles. The van der Waals surface area contributed by atoms with Crippen molar-refractivity contribution in [2.75, 3.05) is 13.2 Å². The molecule has 5 nitrogen and oxygen atoms in total. The Balaban J connectivity index is 1.90. The first-order valence-electron chi connectivity index (χ1n) is 6.61. The average Bonchev–Trinajstić information content (AvgIpc) is 2.85. The van der Waals surface area contributed by atoms with Gasteiger partial charge in [-0.3, -0.25) is 0 Å². The number of thiocarbonyl (C=S) groups is 1. The Bertz CT molecular complexity index is 471. The summed E-state index contributed by atoms with van der Waals surface area (Å²) in [6.45, 7) is 7.68. The molecule has 0 bridgehead atoms. The predicted octanol–water partition coefficient (Wildman–Crippen LogP) is 1.65. The van der Waals surface area contributed by atoms with Crippen molar-refractivity contribution in [1.82, 2.24) is 9.78 Å². The number of aryl methyl sites for hydroxylation is 1. The summed E-state index contributed by atoms with van der Waals surface area (Å²) in [4.78, 5) is 0. The molecule has 0 fully saturated rings. The van der Waals surface area contributed by atoms with Crippen LogP contribution in [0, 0.1) is 12.8 Å². The van der Waals surface area contributed by atoms with E-state index in [9.17, 15) is 0 Å². The zero-order valence-corrected chi connectivity index (χ0v) is 12.5. The SMILES string of the molecule is Cc1nn(C(N)=S)c2c1CC(COCCC(C)C)O2. The highest BCUT2D eigenvalue weighted by atomic mass is 32.1. The van der Waals surface area contributed by atoms with Crippen LogP contribution in [-0.4, -0.2) is 34.2 Å². The van der Waals surface area contributed by atoms with Crippen LogP contribution in [0.4, 0.5) is 0 Å². The van der Waals surface area contributed by atoms with E-state index in [-0.39, 0.29) is 11.2 Å². The minimum absolute atomic E-state index is 0.0412. The first-order valence-corrected chi connectivity index (χ1v) is 7.02. The van der Waals surface area contributed by atoms with Crippen molar-refractivity contribution in [3.8, 4) is 5.88 Å². The van der Waals surface area contributed by atoms with Gasteiger partial charge < -0.3 is 15.2 Å². The zero-order valence-electron chi connectivity index (χ0n) is 11.7. The third-order valence-corrected chi connectivity index (χ3v) is 3.37. The molecule has 0 aliphatic carbocycles. The molecule has 0 saturated carbocycles. The molecule has 1 unspecified atom stereocenters. The monoisotopic (exact) mass is 283 g/mol. The van der Waals surface area contributed by atoms with E-state index in [1.165, 1.54) is 4.68 Å². The normalized spacial score (nSPS) is 17.6. The van der Waals surface area contributed by atoms with Crippen molar-refractivity contribution in [3.05, 3.63) is 11.3 Å². The van der Waals surface area contributed by atoms with Crippen molar-refractivity contribution in [3.63, 3.8) is 0 Å². The number of rotatable bonds is 5. The highest BCUT2D eigenvalue weighted by molar-refractivity contribution is 7.80. The van der Waals surface area contributed by atoms with Gasteiger partial charge in [-0.15, -0.1) is 0 Å². The van der Waals surface area contributed by atoms with E-state index in [0.29, 0.717) is 18.4 Å². The van der Waals surface area contributed by atoms with Crippen molar-refractivity contribution in [2.24, 2.45) is 11.7 Å². The van der Waals surface area contributed by atoms with Gasteiger partial charge in [-0.05, 0) is 31.5 Å². The summed E-state index contributed by atoms with van der Waals surface area (Å²) >= 11 is 4.96. The van der Waals surface area contributed by atoms with Crippen LogP contribution in [-0.2, 0) is 11.2 Å². The number of nitrogens with two attached hydrogens (primary N) is 1. The molecule has 106 valence electrons. The van der Waals surface area contributed by atoms with E-state index in [0.717, 1.165) is 30.7 Å². The minimum Gasteiger partial charge on any atom is -0.471 e. The summed E-state index contributed by atoms with van der Waals surface area (Å²) < 4.78 is 13.0. The molecular formula is C13H21N3O2S. The van der Waals surface area contributed by atoms with Crippen LogP contribution in [0.2, 0.25) is 0 Å². The van der Waals surface area contributed by atoms with E-state index in [2.05, 4.69) is 18.9 Å².